The molecule has 0 bridgehead atoms. The maximum Gasteiger partial charge on any atom is 0.123 e. The van der Waals surface area contributed by atoms with Gasteiger partial charge in [0.15, 0.2) is 0 Å². The molecule has 8 rings (SSSR count). The monoisotopic (exact) mass is 511 g/mol. The number of rotatable bonds is 1. The van der Waals surface area contributed by atoms with Crippen LogP contribution in [0, 0.1) is 5.82 Å². The molecule has 1 aliphatic heterocycles. The van der Waals surface area contributed by atoms with E-state index in [1.54, 1.807) is 6.07 Å². The highest BCUT2D eigenvalue weighted by Gasteiger charge is 2.57. The van der Waals surface area contributed by atoms with Crippen LogP contribution in [-0.2, 0) is 10.8 Å². The fraction of sp³-hybridized carbons (Fsp3) is 0.297. The third-order valence-electron chi connectivity index (χ3n) is 10.9. The van der Waals surface area contributed by atoms with Crippen LogP contribution in [0.25, 0.3) is 32.7 Å². The summed E-state index contributed by atoms with van der Waals surface area (Å²) in [6, 6.07) is 30.5. The summed E-state index contributed by atoms with van der Waals surface area (Å²) >= 11 is 0. The van der Waals surface area contributed by atoms with Crippen molar-refractivity contribution in [2.45, 2.75) is 69.7 Å². The first-order chi connectivity index (χ1) is 18.7. The molecule has 5 aromatic carbocycles. The summed E-state index contributed by atoms with van der Waals surface area (Å²) in [5, 5.41) is 5.25. The van der Waals surface area contributed by atoms with Gasteiger partial charge in [-0.2, -0.15) is 0 Å². The van der Waals surface area contributed by atoms with Crippen molar-refractivity contribution < 1.29 is 4.39 Å². The van der Waals surface area contributed by atoms with Crippen molar-refractivity contribution in [2.75, 3.05) is 4.90 Å². The van der Waals surface area contributed by atoms with E-state index < -0.39 is 0 Å². The minimum atomic E-state index is -0.130. The van der Waals surface area contributed by atoms with Gasteiger partial charge in [-0.1, -0.05) is 88.2 Å². The maximum atomic E-state index is 14.6. The molecular formula is C37H34FN. The van der Waals surface area contributed by atoms with Crippen LogP contribution in [0.3, 0.4) is 0 Å². The van der Waals surface area contributed by atoms with E-state index in [9.17, 15) is 4.39 Å². The van der Waals surface area contributed by atoms with E-state index in [1.807, 2.05) is 12.1 Å². The minimum absolute atomic E-state index is 0.0720. The fourth-order valence-corrected chi connectivity index (χ4v) is 8.56. The topological polar surface area (TPSA) is 3.24 Å². The Kier molecular flexibility index (Phi) is 4.48. The number of fused-ring (bicyclic) bond motifs is 10. The van der Waals surface area contributed by atoms with Crippen molar-refractivity contribution in [3.63, 3.8) is 0 Å². The summed E-state index contributed by atoms with van der Waals surface area (Å²) in [5.41, 5.74) is 8.81. The number of nitrogens with zero attached hydrogens (tertiary/aromatic N) is 1. The number of anilines is 2. The maximum absolute atomic E-state index is 14.6. The van der Waals surface area contributed by atoms with Gasteiger partial charge in [0.25, 0.3) is 0 Å². The zero-order valence-corrected chi connectivity index (χ0v) is 23.2. The average Bonchev–Trinajstić information content (AvgIpc) is 3.29. The van der Waals surface area contributed by atoms with Gasteiger partial charge in [0.05, 0.1) is 5.54 Å². The molecule has 2 heteroatoms. The van der Waals surface area contributed by atoms with Crippen LogP contribution in [0.4, 0.5) is 15.8 Å². The first kappa shape index (κ1) is 23.3. The Bertz CT molecular complexity index is 1850. The van der Waals surface area contributed by atoms with Crippen LogP contribution in [0.1, 0.15) is 70.1 Å². The molecule has 39 heavy (non-hydrogen) atoms. The highest BCUT2D eigenvalue weighted by atomic mass is 19.1. The molecule has 0 amide bonds. The molecule has 3 aliphatic rings. The second kappa shape index (κ2) is 7.50. The Morgan fingerprint density at radius 1 is 0.667 bits per heavy atom. The van der Waals surface area contributed by atoms with E-state index >= 15 is 0 Å². The van der Waals surface area contributed by atoms with Gasteiger partial charge in [-0.15, -0.1) is 0 Å². The predicted molar refractivity (Wildman–Crippen MR) is 162 cm³/mol. The van der Waals surface area contributed by atoms with E-state index in [2.05, 4.69) is 99.3 Å². The largest absolute Gasteiger partial charge is 0.334 e. The standard InChI is InChI=1S/C37H34FN/c1-35(2)30-17-16-27-26-10-6-5-9-23(26)11-14-28(27)34(30)29-15-13-25(22-31(29)35)39-33-18-12-24(38)21-32(33)36(3)19-7-8-20-37(36,39)4/h5-6,9-18,21-22H,7-8,19-20H2,1-4H3. The molecule has 194 valence electrons. The van der Waals surface area contributed by atoms with Crippen molar-refractivity contribution in [1.29, 1.82) is 0 Å². The molecule has 2 aliphatic carbocycles. The molecule has 1 fully saturated rings. The highest BCUT2D eigenvalue weighted by molar-refractivity contribution is 6.14. The highest BCUT2D eigenvalue weighted by Crippen LogP contribution is 2.62. The molecule has 0 aromatic heterocycles. The third kappa shape index (κ3) is 2.80. The Morgan fingerprint density at radius 2 is 1.46 bits per heavy atom. The van der Waals surface area contributed by atoms with Crippen LogP contribution < -0.4 is 4.90 Å². The molecule has 0 N–H and O–H groups in total. The first-order valence-corrected chi connectivity index (χ1v) is 14.4. The van der Waals surface area contributed by atoms with Crippen molar-refractivity contribution in [3.8, 4) is 11.1 Å². The van der Waals surface area contributed by atoms with Crippen LogP contribution in [0.2, 0.25) is 0 Å². The second-order valence-electron chi connectivity index (χ2n) is 13.0. The van der Waals surface area contributed by atoms with Crippen LogP contribution in [0.15, 0.2) is 84.9 Å². The molecule has 1 saturated carbocycles. The summed E-state index contributed by atoms with van der Waals surface area (Å²) in [7, 11) is 0. The normalized spacial score (nSPS) is 24.5. The summed E-state index contributed by atoms with van der Waals surface area (Å²) < 4.78 is 14.6. The zero-order valence-electron chi connectivity index (χ0n) is 23.2. The number of hydrogen-bond acceptors (Lipinski definition) is 1. The summed E-state index contributed by atoms with van der Waals surface area (Å²) in [4.78, 5) is 2.56. The van der Waals surface area contributed by atoms with Gasteiger partial charge in [-0.25, -0.2) is 4.39 Å². The quantitative estimate of drug-likeness (QED) is 0.202. The third-order valence-corrected chi connectivity index (χ3v) is 10.9. The van der Waals surface area contributed by atoms with E-state index in [0.717, 1.165) is 12.8 Å². The molecular weight excluding hydrogens is 477 g/mol. The molecule has 2 atom stereocenters. The summed E-state index contributed by atoms with van der Waals surface area (Å²) in [6.45, 7) is 9.52. The van der Waals surface area contributed by atoms with Crippen LogP contribution >= 0.6 is 0 Å². The number of halogens is 1. The predicted octanol–water partition coefficient (Wildman–Crippen LogP) is 10.2. The van der Waals surface area contributed by atoms with Crippen molar-refractivity contribution in [2.24, 2.45) is 0 Å². The molecule has 1 heterocycles. The van der Waals surface area contributed by atoms with Crippen molar-refractivity contribution in [1.82, 2.24) is 0 Å². The van der Waals surface area contributed by atoms with Crippen LogP contribution in [0.5, 0.6) is 0 Å². The molecule has 1 nitrogen and oxygen atoms in total. The van der Waals surface area contributed by atoms with Crippen molar-refractivity contribution in [3.05, 3.63) is 107 Å². The van der Waals surface area contributed by atoms with E-state index in [-0.39, 0.29) is 22.2 Å². The smallest absolute Gasteiger partial charge is 0.123 e. The lowest BCUT2D eigenvalue weighted by Crippen LogP contribution is -2.54. The second-order valence-corrected chi connectivity index (χ2v) is 13.0. The average molecular weight is 512 g/mol. The van der Waals surface area contributed by atoms with Gasteiger partial charge in [0, 0.05) is 22.2 Å². The van der Waals surface area contributed by atoms with Gasteiger partial charge in [0.2, 0.25) is 0 Å². The Morgan fingerprint density at radius 3 is 2.33 bits per heavy atom. The van der Waals surface area contributed by atoms with Gasteiger partial charge < -0.3 is 4.90 Å². The lowest BCUT2D eigenvalue weighted by Gasteiger charge is -2.50. The van der Waals surface area contributed by atoms with Crippen molar-refractivity contribution >= 4 is 32.9 Å². The van der Waals surface area contributed by atoms with Gasteiger partial charge in [0.1, 0.15) is 5.82 Å². The first-order valence-electron chi connectivity index (χ1n) is 14.4. The Hall–Kier alpha value is -3.65. The van der Waals surface area contributed by atoms with E-state index in [4.69, 9.17) is 0 Å². The molecule has 0 radical (unpaired) electrons. The van der Waals surface area contributed by atoms with Crippen LogP contribution in [-0.4, -0.2) is 5.54 Å². The van der Waals surface area contributed by atoms with Gasteiger partial charge in [-0.3, -0.25) is 0 Å². The molecule has 5 aromatic rings. The summed E-state index contributed by atoms with van der Waals surface area (Å²) in [5.74, 6) is -0.130. The molecule has 2 unspecified atom stereocenters. The van der Waals surface area contributed by atoms with Gasteiger partial charge >= 0.3 is 0 Å². The lowest BCUT2D eigenvalue weighted by molar-refractivity contribution is 0.194. The number of hydrogen-bond donors (Lipinski definition) is 0. The summed E-state index contributed by atoms with van der Waals surface area (Å²) in [6.07, 6.45) is 4.61. The van der Waals surface area contributed by atoms with Gasteiger partial charge in [-0.05, 0) is 99.5 Å². The Labute approximate surface area is 230 Å². The van der Waals surface area contributed by atoms with E-state index in [1.165, 1.54) is 73.6 Å². The fourth-order valence-electron chi connectivity index (χ4n) is 8.56. The Balaban J connectivity index is 1.35. The lowest BCUT2D eigenvalue weighted by atomic mass is 9.61. The number of benzene rings is 5. The minimum Gasteiger partial charge on any atom is -0.334 e. The SMILES string of the molecule is CC1(C)c2cc(N3c4ccc(F)cc4C4(C)CCCCC34C)ccc2-c2c1ccc1c2ccc2ccccc21. The molecule has 0 saturated heterocycles. The zero-order chi connectivity index (χ0) is 26.7. The van der Waals surface area contributed by atoms with E-state index in [0.29, 0.717) is 0 Å². The molecule has 0 spiro atoms.